The first kappa shape index (κ1) is 30.8. The minimum Gasteiger partial charge on any atom is -0.497 e. The molecule has 0 unspecified atom stereocenters. The maximum absolute atomic E-state index is 14.1. The molecule has 12 heteroatoms. The molecule has 0 fully saturated rings. The molecule has 4 aromatic rings. The lowest BCUT2D eigenvalue weighted by Crippen LogP contribution is -2.40. The largest absolute Gasteiger partial charge is 0.497 e. The van der Waals surface area contributed by atoms with Gasteiger partial charge < -0.3 is 33.2 Å². The van der Waals surface area contributed by atoms with Crippen LogP contribution in [0.3, 0.4) is 0 Å². The Hall–Kier alpha value is -5.23. The third-order valence-electron chi connectivity index (χ3n) is 7.57. The molecule has 0 bridgehead atoms. The molecule has 0 spiro atoms. The molecule has 0 amide bonds. The van der Waals surface area contributed by atoms with Gasteiger partial charge in [0.15, 0.2) is 27.8 Å². The van der Waals surface area contributed by atoms with Crippen LogP contribution < -0.4 is 43.3 Å². The summed E-state index contributed by atoms with van der Waals surface area (Å²) in [4.78, 5) is 32.5. The predicted molar refractivity (Wildman–Crippen MR) is 170 cm³/mol. The summed E-state index contributed by atoms with van der Waals surface area (Å²) in [6.45, 7) is 4.12. The van der Waals surface area contributed by atoms with Crippen molar-refractivity contribution in [2.45, 2.75) is 26.5 Å². The summed E-state index contributed by atoms with van der Waals surface area (Å²) in [6.07, 6.45) is 1.76. The quantitative estimate of drug-likeness (QED) is 0.235. The molecule has 6 rings (SSSR count). The maximum atomic E-state index is 14.1. The third-order valence-corrected chi connectivity index (χ3v) is 8.55. The van der Waals surface area contributed by atoms with E-state index in [2.05, 4.69) is 4.99 Å². The van der Waals surface area contributed by atoms with Crippen molar-refractivity contribution in [2.75, 3.05) is 34.7 Å². The van der Waals surface area contributed by atoms with Crippen LogP contribution in [-0.2, 0) is 16.1 Å². The first-order valence-electron chi connectivity index (χ1n) is 14.5. The van der Waals surface area contributed by atoms with Crippen molar-refractivity contribution in [3.8, 4) is 34.5 Å². The van der Waals surface area contributed by atoms with Crippen molar-refractivity contribution in [1.82, 2.24) is 4.57 Å². The topological polar surface area (TPSA) is 116 Å². The number of ether oxygens (including phenoxy) is 7. The van der Waals surface area contributed by atoms with Crippen LogP contribution >= 0.6 is 11.3 Å². The van der Waals surface area contributed by atoms with Gasteiger partial charge in [-0.3, -0.25) is 9.36 Å². The van der Waals surface area contributed by atoms with Gasteiger partial charge in [0.1, 0.15) is 24.1 Å². The minimum atomic E-state index is -0.857. The number of allylic oxidation sites excluding steroid dienone is 1. The first-order chi connectivity index (χ1) is 22.3. The predicted octanol–water partition coefficient (Wildman–Crippen LogP) is 4.13. The van der Waals surface area contributed by atoms with E-state index in [4.69, 9.17) is 33.2 Å². The zero-order valence-electron chi connectivity index (χ0n) is 25.9. The van der Waals surface area contributed by atoms with Crippen LogP contribution in [0.4, 0.5) is 0 Å². The van der Waals surface area contributed by atoms with Crippen molar-refractivity contribution in [3.63, 3.8) is 0 Å². The van der Waals surface area contributed by atoms with Crippen LogP contribution in [0.15, 0.2) is 75.7 Å². The average molecular weight is 645 g/mol. The van der Waals surface area contributed by atoms with Crippen LogP contribution in [0.2, 0.25) is 0 Å². The van der Waals surface area contributed by atoms with Crippen molar-refractivity contribution >= 4 is 23.4 Å². The summed E-state index contributed by atoms with van der Waals surface area (Å²) < 4.78 is 41.0. The van der Waals surface area contributed by atoms with Gasteiger partial charge in [0.05, 0.1) is 43.7 Å². The van der Waals surface area contributed by atoms with Crippen molar-refractivity contribution in [2.24, 2.45) is 4.99 Å². The summed E-state index contributed by atoms with van der Waals surface area (Å²) >= 11 is 1.22. The number of benzene rings is 3. The molecule has 3 aromatic carbocycles. The van der Waals surface area contributed by atoms with E-state index in [0.717, 1.165) is 11.1 Å². The first-order valence-corrected chi connectivity index (χ1v) is 15.3. The molecule has 0 saturated carbocycles. The summed E-state index contributed by atoms with van der Waals surface area (Å²) in [6, 6.07) is 15.5. The highest BCUT2D eigenvalue weighted by Crippen LogP contribution is 2.38. The van der Waals surface area contributed by atoms with Crippen LogP contribution in [-0.4, -0.2) is 45.3 Å². The lowest BCUT2D eigenvalue weighted by atomic mass is 9.94. The average Bonchev–Trinajstić information content (AvgIpc) is 3.66. The van der Waals surface area contributed by atoms with E-state index in [1.807, 2.05) is 24.3 Å². The van der Waals surface area contributed by atoms with Crippen LogP contribution in [0.1, 0.15) is 36.6 Å². The number of carbonyl (C=O) groups excluding carboxylic acids is 1. The third kappa shape index (κ3) is 5.79. The molecule has 11 nitrogen and oxygen atoms in total. The molecule has 0 radical (unpaired) electrons. The van der Waals surface area contributed by atoms with Gasteiger partial charge in [0.2, 0.25) is 6.79 Å². The summed E-state index contributed by atoms with van der Waals surface area (Å²) in [5.74, 6) is 2.90. The second-order valence-corrected chi connectivity index (χ2v) is 11.3. The molecule has 238 valence electrons. The monoisotopic (exact) mass is 644 g/mol. The summed E-state index contributed by atoms with van der Waals surface area (Å²) in [5.41, 5.74) is 2.57. The Morgan fingerprint density at radius 2 is 1.76 bits per heavy atom. The number of hydrogen-bond acceptors (Lipinski definition) is 11. The zero-order valence-corrected chi connectivity index (χ0v) is 26.8. The molecule has 0 saturated heterocycles. The summed E-state index contributed by atoms with van der Waals surface area (Å²) in [5, 5.41) is 0. The van der Waals surface area contributed by atoms with Gasteiger partial charge in [-0.05, 0) is 73.5 Å². The van der Waals surface area contributed by atoms with E-state index in [9.17, 15) is 9.59 Å². The van der Waals surface area contributed by atoms with E-state index in [0.29, 0.717) is 61.7 Å². The van der Waals surface area contributed by atoms with E-state index in [1.54, 1.807) is 64.5 Å². The summed E-state index contributed by atoms with van der Waals surface area (Å²) in [7, 11) is 4.64. The minimum absolute atomic E-state index is 0.167. The van der Waals surface area contributed by atoms with Gasteiger partial charge in [0.25, 0.3) is 5.56 Å². The normalized spacial score (nSPS) is 15.2. The second kappa shape index (κ2) is 13.0. The number of nitrogens with zero attached hydrogens (tertiary/aromatic N) is 2. The SMILES string of the molecule is CCOC(=O)C1=C(C)N=c2s/c(=C\c3ccc(OCc4ccc5c(c4)OCO5)c(OC)c3)c(=O)n2[C@H]1c1cc(OC)ccc1OC. The Labute approximate surface area is 268 Å². The molecule has 46 heavy (non-hydrogen) atoms. The molecule has 2 aliphatic heterocycles. The smallest absolute Gasteiger partial charge is 0.338 e. The highest BCUT2D eigenvalue weighted by atomic mass is 32.1. The van der Waals surface area contributed by atoms with Crippen molar-refractivity contribution in [1.29, 1.82) is 0 Å². The molecular weight excluding hydrogens is 612 g/mol. The number of hydrogen-bond donors (Lipinski definition) is 0. The number of rotatable bonds is 10. The van der Waals surface area contributed by atoms with Crippen molar-refractivity contribution < 1.29 is 38.0 Å². The van der Waals surface area contributed by atoms with Gasteiger partial charge in [-0.2, -0.15) is 0 Å². The Bertz CT molecular complexity index is 2030. The molecule has 2 aliphatic rings. The van der Waals surface area contributed by atoms with E-state index < -0.39 is 12.0 Å². The van der Waals surface area contributed by atoms with Gasteiger partial charge >= 0.3 is 5.97 Å². The van der Waals surface area contributed by atoms with E-state index in [1.165, 1.54) is 23.0 Å². The maximum Gasteiger partial charge on any atom is 0.338 e. The standard InChI is InChI=1S/C34H32N2O9S/c1-6-42-33(38)30-19(2)35-34-36(31(30)23-16-22(39-3)9-12-24(23)40-4)32(37)29(46-34)15-20-7-10-25(27(13-20)41-5)43-17-21-8-11-26-28(14-21)45-18-44-26/h7-16,31H,6,17-18H2,1-5H3/b29-15-/t31-/m0/s1. The Kier molecular flexibility index (Phi) is 8.71. The Balaban J connectivity index is 1.38. The van der Waals surface area contributed by atoms with E-state index >= 15 is 0 Å². The molecular formula is C34H32N2O9S. The number of fused-ring (bicyclic) bond motifs is 2. The van der Waals surface area contributed by atoms with Crippen LogP contribution in [0.5, 0.6) is 34.5 Å². The van der Waals surface area contributed by atoms with Crippen LogP contribution in [0, 0.1) is 0 Å². The van der Waals surface area contributed by atoms with E-state index in [-0.39, 0.29) is 24.5 Å². The number of aromatic nitrogens is 1. The van der Waals surface area contributed by atoms with Crippen molar-refractivity contribution in [3.05, 3.63) is 102 Å². The van der Waals surface area contributed by atoms with Gasteiger partial charge in [0, 0.05) is 5.56 Å². The molecule has 1 aromatic heterocycles. The Morgan fingerprint density at radius 1 is 0.978 bits per heavy atom. The fourth-order valence-corrected chi connectivity index (χ4v) is 6.42. The molecule has 1 atom stereocenters. The van der Waals surface area contributed by atoms with Gasteiger partial charge in [-0.25, -0.2) is 9.79 Å². The fourth-order valence-electron chi connectivity index (χ4n) is 5.38. The molecule has 0 N–H and O–H groups in total. The highest BCUT2D eigenvalue weighted by molar-refractivity contribution is 7.07. The van der Waals surface area contributed by atoms with Crippen LogP contribution in [0.25, 0.3) is 6.08 Å². The lowest BCUT2D eigenvalue weighted by molar-refractivity contribution is -0.139. The zero-order chi connectivity index (χ0) is 32.4. The molecule has 3 heterocycles. The number of esters is 1. The fraction of sp³-hybridized carbons (Fsp3) is 0.265. The highest BCUT2D eigenvalue weighted by Gasteiger charge is 2.35. The Morgan fingerprint density at radius 3 is 2.52 bits per heavy atom. The number of carbonyl (C=O) groups is 1. The lowest BCUT2D eigenvalue weighted by Gasteiger charge is -2.26. The van der Waals surface area contributed by atoms with Gasteiger partial charge in [-0.1, -0.05) is 23.5 Å². The number of methoxy groups -OCH3 is 3. The van der Waals surface area contributed by atoms with Gasteiger partial charge in [-0.15, -0.1) is 0 Å². The number of thiazole rings is 1. The molecule has 0 aliphatic carbocycles. The second-order valence-electron chi connectivity index (χ2n) is 10.3.